The number of halogens is 3. The number of piperidine rings is 1. The average Bonchev–Trinajstić information content (AvgIpc) is 2.73. The van der Waals surface area contributed by atoms with E-state index in [0.29, 0.717) is 23.4 Å². The highest BCUT2D eigenvalue weighted by atomic mass is 19.3. The number of benzene rings is 1. The Hall–Kier alpha value is -3.34. The summed E-state index contributed by atoms with van der Waals surface area (Å²) in [6.07, 6.45) is 0.735. The summed E-state index contributed by atoms with van der Waals surface area (Å²) in [5.74, 6) is -3.63. The van der Waals surface area contributed by atoms with Gasteiger partial charge in [-0.2, -0.15) is 0 Å². The van der Waals surface area contributed by atoms with E-state index in [-0.39, 0.29) is 37.2 Å². The van der Waals surface area contributed by atoms with Crippen molar-refractivity contribution in [2.75, 3.05) is 18.4 Å². The van der Waals surface area contributed by atoms with Crippen molar-refractivity contribution in [3.8, 4) is 11.1 Å². The summed E-state index contributed by atoms with van der Waals surface area (Å²) in [6, 6.07) is 5.54. The first-order valence-corrected chi connectivity index (χ1v) is 11.2. The molecule has 1 fully saturated rings. The van der Waals surface area contributed by atoms with Gasteiger partial charge in [0.25, 0.3) is 5.92 Å². The number of likely N-dealkylation sites (tertiary alicyclic amines) is 1. The number of ether oxygens (including phenoxy) is 1. The maximum atomic E-state index is 15.8. The molecule has 1 aromatic carbocycles. The number of hydrogen-bond acceptors (Lipinski definition) is 5. The Labute approximate surface area is 202 Å². The zero-order valence-electron chi connectivity index (χ0n) is 20.0. The zero-order chi connectivity index (χ0) is 25.8. The van der Waals surface area contributed by atoms with Crippen LogP contribution in [-0.4, -0.2) is 46.6 Å². The lowest BCUT2D eigenvalue weighted by Gasteiger charge is -2.33. The molecule has 1 aromatic heterocycles. The largest absolute Gasteiger partial charge is 0.444 e. The van der Waals surface area contributed by atoms with Gasteiger partial charge in [0, 0.05) is 30.3 Å². The third kappa shape index (κ3) is 7.32. The number of nitrogens with one attached hydrogen (secondary N) is 2. The van der Waals surface area contributed by atoms with Gasteiger partial charge in [-0.1, -0.05) is 12.1 Å². The van der Waals surface area contributed by atoms with Crippen LogP contribution < -0.4 is 16.4 Å². The number of carbonyl (C=O) groups excluding carboxylic acids is 2. The number of nitrogens with two attached hydrogens (primary N) is 1. The molecule has 1 aliphatic heterocycles. The Morgan fingerprint density at radius 2 is 1.97 bits per heavy atom. The second-order valence-electron chi connectivity index (χ2n) is 9.47. The maximum Gasteiger partial charge on any atom is 0.412 e. The first-order valence-electron chi connectivity index (χ1n) is 11.2. The molecule has 0 radical (unpaired) electrons. The summed E-state index contributed by atoms with van der Waals surface area (Å²) in [5, 5.41) is 4.86. The molecule has 0 atom stereocenters. The molecule has 0 aliphatic carbocycles. The number of amides is 3. The average molecular weight is 494 g/mol. The molecule has 190 valence electrons. The van der Waals surface area contributed by atoms with Gasteiger partial charge in [0.1, 0.15) is 5.60 Å². The van der Waals surface area contributed by atoms with Gasteiger partial charge in [0.05, 0.1) is 24.5 Å². The number of hydrogen-bond donors (Lipinski definition) is 3. The molecule has 4 N–H and O–H groups in total. The minimum absolute atomic E-state index is 0.00768. The van der Waals surface area contributed by atoms with Crippen molar-refractivity contribution in [3.05, 3.63) is 47.5 Å². The molecule has 0 saturated carbocycles. The number of aromatic nitrogens is 1. The monoisotopic (exact) mass is 493 g/mol. The Kier molecular flexibility index (Phi) is 7.89. The van der Waals surface area contributed by atoms with Gasteiger partial charge in [0.15, 0.2) is 5.82 Å². The van der Waals surface area contributed by atoms with Crippen LogP contribution in [-0.2, 0) is 17.8 Å². The first-order chi connectivity index (χ1) is 16.3. The van der Waals surface area contributed by atoms with Gasteiger partial charge in [0.2, 0.25) is 0 Å². The molecular formula is C24H30F3N5O3. The fourth-order valence-corrected chi connectivity index (χ4v) is 3.94. The third-order valence-electron chi connectivity index (χ3n) is 5.34. The lowest BCUT2D eigenvalue weighted by molar-refractivity contribution is -0.0662. The highest BCUT2D eigenvalue weighted by Gasteiger charge is 2.35. The molecule has 1 aliphatic rings. The van der Waals surface area contributed by atoms with Crippen LogP contribution in [0.4, 0.5) is 28.4 Å². The molecule has 11 heteroatoms. The quantitative estimate of drug-likeness (QED) is 0.543. The topological polar surface area (TPSA) is 110 Å². The molecule has 2 aromatic rings. The van der Waals surface area contributed by atoms with E-state index in [0.717, 1.165) is 0 Å². The van der Waals surface area contributed by atoms with Crippen molar-refractivity contribution in [2.45, 2.75) is 58.2 Å². The Bertz CT molecular complexity index is 1090. The Morgan fingerprint density at radius 1 is 1.23 bits per heavy atom. The van der Waals surface area contributed by atoms with Crippen molar-refractivity contribution < 1.29 is 27.5 Å². The molecule has 3 amide bonds. The number of alkyl halides is 2. The molecule has 0 spiro atoms. The van der Waals surface area contributed by atoms with E-state index >= 15 is 4.39 Å². The first kappa shape index (κ1) is 26.3. The van der Waals surface area contributed by atoms with Gasteiger partial charge in [-0.25, -0.2) is 22.8 Å². The maximum absolute atomic E-state index is 15.8. The normalized spacial score (nSPS) is 15.9. The summed E-state index contributed by atoms with van der Waals surface area (Å²) in [5.41, 5.74) is 5.69. The lowest BCUT2D eigenvalue weighted by Crippen LogP contribution is -2.42. The van der Waals surface area contributed by atoms with Crippen LogP contribution in [0.2, 0.25) is 0 Å². The summed E-state index contributed by atoms with van der Waals surface area (Å²) < 4.78 is 49.1. The van der Waals surface area contributed by atoms with E-state index in [2.05, 4.69) is 15.6 Å². The molecule has 2 heterocycles. The molecule has 35 heavy (non-hydrogen) atoms. The van der Waals surface area contributed by atoms with Crippen molar-refractivity contribution >= 4 is 17.8 Å². The molecule has 0 unspecified atom stereocenters. The lowest BCUT2D eigenvalue weighted by atomic mass is 9.95. The summed E-state index contributed by atoms with van der Waals surface area (Å²) in [6.45, 7) is 4.79. The minimum Gasteiger partial charge on any atom is -0.444 e. The van der Waals surface area contributed by atoms with Gasteiger partial charge in [-0.3, -0.25) is 15.2 Å². The summed E-state index contributed by atoms with van der Waals surface area (Å²) in [7, 11) is 0. The van der Waals surface area contributed by atoms with Crippen LogP contribution in [0.3, 0.4) is 0 Å². The second-order valence-corrected chi connectivity index (χ2v) is 9.47. The van der Waals surface area contributed by atoms with Gasteiger partial charge in [-0.15, -0.1) is 0 Å². The smallest absolute Gasteiger partial charge is 0.412 e. The van der Waals surface area contributed by atoms with Crippen LogP contribution in [0.5, 0.6) is 0 Å². The van der Waals surface area contributed by atoms with Crippen LogP contribution in [0.15, 0.2) is 30.5 Å². The van der Waals surface area contributed by atoms with E-state index in [4.69, 9.17) is 10.5 Å². The van der Waals surface area contributed by atoms with Gasteiger partial charge in [-0.05, 0) is 51.4 Å². The van der Waals surface area contributed by atoms with Gasteiger partial charge >= 0.3 is 12.1 Å². The number of rotatable bonds is 6. The van der Waals surface area contributed by atoms with Crippen molar-refractivity contribution in [1.29, 1.82) is 0 Å². The SMILES string of the molecule is CC(C)(C)OC(=O)Nc1ccc(-c2cccnc2CNC(N)=O)c(CN2CCCC(F)(F)C2)c1F. The Balaban J connectivity index is 2.03. The van der Waals surface area contributed by atoms with Crippen molar-refractivity contribution in [3.63, 3.8) is 0 Å². The minimum atomic E-state index is -2.87. The predicted octanol–water partition coefficient (Wildman–Crippen LogP) is 4.63. The van der Waals surface area contributed by atoms with Crippen LogP contribution >= 0.6 is 0 Å². The number of carbonyl (C=O) groups is 2. The molecule has 1 saturated heterocycles. The predicted molar refractivity (Wildman–Crippen MR) is 125 cm³/mol. The number of anilines is 1. The van der Waals surface area contributed by atoms with Crippen LogP contribution in [0, 0.1) is 5.82 Å². The third-order valence-corrected chi connectivity index (χ3v) is 5.34. The highest BCUT2D eigenvalue weighted by molar-refractivity contribution is 5.86. The van der Waals surface area contributed by atoms with Crippen molar-refractivity contribution in [1.82, 2.24) is 15.2 Å². The van der Waals surface area contributed by atoms with Crippen LogP contribution in [0.1, 0.15) is 44.9 Å². The summed E-state index contributed by atoms with van der Waals surface area (Å²) in [4.78, 5) is 29.2. The molecule has 8 nitrogen and oxygen atoms in total. The molecular weight excluding hydrogens is 463 g/mol. The fraction of sp³-hybridized carbons (Fsp3) is 0.458. The standard InChI is InChI=1S/C24H30F3N5O3/c1-23(2,3)35-22(34)31-18-8-7-15(16-6-4-10-29-19(16)12-30-21(28)33)17(20(18)25)13-32-11-5-9-24(26,27)14-32/h4,6-8,10H,5,9,11-14H2,1-3H3,(H,31,34)(H3,28,30,33). The van der Waals surface area contributed by atoms with E-state index < -0.39 is 36.0 Å². The van der Waals surface area contributed by atoms with E-state index in [9.17, 15) is 18.4 Å². The fourth-order valence-electron chi connectivity index (χ4n) is 3.94. The van der Waals surface area contributed by atoms with Gasteiger partial charge < -0.3 is 15.8 Å². The summed E-state index contributed by atoms with van der Waals surface area (Å²) >= 11 is 0. The van der Waals surface area contributed by atoms with E-state index in [1.54, 1.807) is 39.0 Å². The van der Waals surface area contributed by atoms with Crippen molar-refractivity contribution in [2.24, 2.45) is 5.73 Å². The Morgan fingerprint density at radius 3 is 2.63 bits per heavy atom. The number of urea groups is 1. The molecule has 3 rings (SSSR count). The zero-order valence-corrected chi connectivity index (χ0v) is 20.0. The van der Waals surface area contributed by atoms with Crippen LogP contribution in [0.25, 0.3) is 11.1 Å². The number of nitrogens with zero attached hydrogens (tertiary/aromatic N) is 2. The molecule has 0 bridgehead atoms. The van der Waals surface area contributed by atoms with E-state index in [1.165, 1.54) is 17.2 Å². The highest BCUT2D eigenvalue weighted by Crippen LogP contribution is 2.35. The number of primary amides is 1. The second kappa shape index (κ2) is 10.5. The van der Waals surface area contributed by atoms with E-state index in [1.807, 2.05) is 0 Å². The number of pyridine rings is 1.